The SMILES string of the molecule is Nc1c(C(=O)NC2CCCS(=O)(=O)C2)sc2cnccc12. The van der Waals surface area contributed by atoms with Gasteiger partial charge in [-0.15, -0.1) is 11.3 Å². The Balaban J connectivity index is 1.82. The Kier molecular flexibility index (Phi) is 3.58. The van der Waals surface area contributed by atoms with E-state index in [0.717, 1.165) is 10.1 Å². The predicted octanol–water partition coefficient (Wildman–Crippen LogP) is 1.19. The fourth-order valence-electron chi connectivity index (χ4n) is 2.53. The van der Waals surface area contributed by atoms with Crippen LogP contribution in [0.25, 0.3) is 10.1 Å². The van der Waals surface area contributed by atoms with Gasteiger partial charge in [0.15, 0.2) is 9.84 Å². The molecule has 0 aliphatic carbocycles. The van der Waals surface area contributed by atoms with Crippen LogP contribution in [0.5, 0.6) is 0 Å². The first-order valence-corrected chi connectivity index (χ1v) is 9.23. The van der Waals surface area contributed by atoms with Gasteiger partial charge >= 0.3 is 0 Å². The number of hydrogen-bond donors (Lipinski definition) is 2. The maximum Gasteiger partial charge on any atom is 0.263 e. The normalized spacial score (nSPS) is 21.2. The number of nitrogens with one attached hydrogen (secondary N) is 1. The standard InChI is InChI=1S/C13H15N3O3S2/c14-11-9-3-4-15-6-10(9)20-12(11)13(17)16-8-2-1-5-21(18,19)7-8/h3-4,6,8H,1-2,5,7,14H2,(H,16,17). The summed E-state index contributed by atoms with van der Waals surface area (Å²) in [5.41, 5.74) is 6.43. The van der Waals surface area contributed by atoms with Crippen LogP contribution in [-0.2, 0) is 9.84 Å². The number of nitrogens with two attached hydrogens (primary N) is 1. The fraction of sp³-hybridized carbons (Fsp3) is 0.385. The molecule has 0 radical (unpaired) electrons. The number of aromatic nitrogens is 1. The van der Waals surface area contributed by atoms with Crippen LogP contribution in [0.1, 0.15) is 22.5 Å². The molecule has 1 aliphatic heterocycles. The molecule has 0 spiro atoms. The number of carbonyl (C=O) groups is 1. The van der Waals surface area contributed by atoms with Crippen LogP contribution in [-0.4, -0.2) is 36.9 Å². The van der Waals surface area contributed by atoms with E-state index in [1.165, 1.54) is 11.3 Å². The number of hydrogen-bond acceptors (Lipinski definition) is 6. The van der Waals surface area contributed by atoms with Gasteiger partial charge in [-0.2, -0.15) is 0 Å². The number of carbonyl (C=O) groups excluding carboxylic acids is 1. The van der Waals surface area contributed by atoms with Crippen LogP contribution in [0.15, 0.2) is 18.5 Å². The zero-order chi connectivity index (χ0) is 15.0. The van der Waals surface area contributed by atoms with Crippen LogP contribution in [0.2, 0.25) is 0 Å². The molecule has 1 unspecified atom stereocenters. The van der Waals surface area contributed by atoms with Gasteiger partial charge in [-0.1, -0.05) is 0 Å². The van der Waals surface area contributed by atoms with Crippen molar-refractivity contribution in [2.75, 3.05) is 17.2 Å². The Morgan fingerprint density at radius 3 is 3.00 bits per heavy atom. The summed E-state index contributed by atoms with van der Waals surface area (Å²) < 4.78 is 24.1. The lowest BCUT2D eigenvalue weighted by Gasteiger charge is -2.22. The third kappa shape index (κ3) is 2.86. The molecule has 3 N–H and O–H groups in total. The van der Waals surface area contributed by atoms with Crippen molar-refractivity contribution < 1.29 is 13.2 Å². The second kappa shape index (κ2) is 5.27. The summed E-state index contributed by atoms with van der Waals surface area (Å²) in [5.74, 6) is -0.1000. The van der Waals surface area contributed by atoms with Crippen LogP contribution < -0.4 is 11.1 Å². The number of anilines is 1. The Bertz CT molecular complexity index is 798. The molecule has 21 heavy (non-hydrogen) atoms. The third-order valence-corrected chi connectivity index (χ3v) is 6.51. The van der Waals surface area contributed by atoms with Crippen molar-refractivity contribution in [2.45, 2.75) is 18.9 Å². The first kappa shape index (κ1) is 14.3. The van der Waals surface area contributed by atoms with Crippen molar-refractivity contribution in [3.63, 3.8) is 0 Å². The highest BCUT2D eigenvalue weighted by Gasteiger charge is 2.27. The monoisotopic (exact) mass is 325 g/mol. The zero-order valence-electron chi connectivity index (χ0n) is 11.2. The number of amides is 1. The second-order valence-corrected chi connectivity index (χ2v) is 8.42. The van der Waals surface area contributed by atoms with Crippen LogP contribution in [0.4, 0.5) is 5.69 Å². The van der Waals surface area contributed by atoms with Gasteiger partial charge in [0.2, 0.25) is 0 Å². The summed E-state index contributed by atoms with van der Waals surface area (Å²) in [6, 6.07) is 1.43. The lowest BCUT2D eigenvalue weighted by molar-refractivity contribution is 0.0943. The first-order valence-electron chi connectivity index (χ1n) is 6.59. The van der Waals surface area contributed by atoms with Gasteiger partial charge in [-0.25, -0.2) is 8.42 Å². The van der Waals surface area contributed by atoms with Crippen LogP contribution in [0, 0.1) is 0 Å². The molecule has 0 saturated carbocycles. The van der Waals surface area contributed by atoms with Crippen molar-refractivity contribution in [3.05, 3.63) is 23.3 Å². The maximum absolute atomic E-state index is 12.3. The highest BCUT2D eigenvalue weighted by molar-refractivity contribution is 7.91. The van der Waals surface area contributed by atoms with Crippen molar-refractivity contribution in [2.24, 2.45) is 0 Å². The van der Waals surface area contributed by atoms with Gasteiger partial charge in [0.05, 0.1) is 21.9 Å². The zero-order valence-corrected chi connectivity index (χ0v) is 12.8. The summed E-state index contributed by atoms with van der Waals surface area (Å²) >= 11 is 1.27. The predicted molar refractivity (Wildman–Crippen MR) is 83.2 cm³/mol. The first-order chi connectivity index (χ1) is 9.96. The van der Waals surface area contributed by atoms with Gasteiger partial charge in [0.1, 0.15) is 4.88 Å². The third-order valence-electron chi connectivity index (χ3n) is 3.54. The molecule has 8 heteroatoms. The van der Waals surface area contributed by atoms with Gasteiger partial charge in [-0.05, 0) is 18.9 Å². The second-order valence-electron chi connectivity index (χ2n) is 5.14. The van der Waals surface area contributed by atoms with Gasteiger partial charge < -0.3 is 11.1 Å². The minimum absolute atomic E-state index is 0.00505. The molecule has 3 rings (SSSR count). The van der Waals surface area contributed by atoms with Crippen LogP contribution >= 0.6 is 11.3 Å². The molecular formula is C13H15N3O3S2. The maximum atomic E-state index is 12.3. The van der Waals surface area contributed by atoms with Crippen molar-refractivity contribution in [1.82, 2.24) is 10.3 Å². The Labute approximate surface area is 126 Å². The smallest absolute Gasteiger partial charge is 0.263 e. The van der Waals surface area contributed by atoms with E-state index in [2.05, 4.69) is 10.3 Å². The van der Waals surface area contributed by atoms with Gasteiger partial charge in [0.25, 0.3) is 5.91 Å². The number of fused-ring (bicyclic) bond motifs is 1. The molecule has 3 heterocycles. The molecule has 1 fully saturated rings. The number of thiophene rings is 1. The summed E-state index contributed by atoms with van der Waals surface area (Å²) in [5, 5.41) is 3.59. The van der Waals surface area contributed by atoms with Crippen molar-refractivity contribution in [3.8, 4) is 0 Å². The minimum Gasteiger partial charge on any atom is -0.397 e. The van der Waals surface area contributed by atoms with E-state index in [1.54, 1.807) is 18.5 Å². The van der Waals surface area contributed by atoms with E-state index in [1.807, 2.05) is 0 Å². The Morgan fingerprint density at radius 1 is 1.48 bits per heavy atom. The van der Waals surface area contributed by atoms with E-state index < -0.39 is 9.84 Å². The average Bonchev–Trinajstić information content (AvgIpc) is 2.76. The summed E-state index contributed by atoms with van der Waals surface area (Å²) in [7, 11) is -3.05. The molecule has 0 aromatic carbocycles. The van der Waals surface area contributed by atoms with E-state index in [4.69, 9.17) is 5.73 Å². The van der Waals surface area contributed by atoms with Gasteiger partial charge in [0, 0.05) is 23.8 Å². The lowest BCUT2D eigenvalue weighted by Crippen LogP contribution is -2.43. The minimum atomic E-state index is -3.05. The summed E-state index contributed by atoms with van der Waals surface area (Å²) in [4.78, 5) is 16.7. The number of nitrogens with zero attached hydrogens (tertiary/aromatic N) is 1. The topological polar surface area (TPSA) is 102 Å². The molecule has 1 aliphatic rings. The number of rotatable bonds is 2. The molecular weight excluding hydrogens is 310 g/mol. The number of sulfone groups is 1. The quantitative estimate of drug-likeness (QED) is 0.863. The number of pyridine rings is 1. The molecule has 6 nitrogen and oxygen atoms in total. The molecule has 0 bridgehead atoms. The summed E-state index contributed by atoms with van der Waals surface area (Å²) in [6.07, 6.45) is 4.55. The largest absolute Gasteiger partial charge is 0.397 e. The van der Waals surface area contributed by atoms with Crippen LogP contribution in [0.3, 0.4) is 0 Å². The molecule has 2 aromatic rings. The number of nitrogen functional groups attached to an aromatic ring is 1. The fourth-order valence-corrected chi connectivity index (χ4v) is 5.16. The van der Waals surface area contributed by atoms with E-state index in [9.17, 15) is 13.2 Å². The highest BCUT2D eigenvalue weighted by Crippen LogP contribution is 2.32. The van der Waals surface area contributed by atoms with E-state index in [0.29, 0.717) is 23.4 Å². The van der Waals surface area contributed by atoms with Crippen molar-refractivity contribution >= 4 is 42.9 Å². The molecule has 112 valence electrons. The summed E-state index contributed by atoms with van der Waals surface area (Å²) in [6.45, 7) is 0. The van der Waals surface area contributed by atoms with E-state index >= 15 is 0 Å². The molecule has 2 aromatic heterocycles. The van der Waals surface area contributed by atoms with Gasteiger partial charge in [-0.3, -0.25) is 9.78 Å². The molecule has 1 saturated heterocycles. The average molecular weight is 325 g/mol. The Hall–Kier alpha value is -1.67. The molecule has 1 atom stereocenters. The highest BCUT2D eigenvalue weighted by atomic mass is 32.2. The lowest BCUT2D eigenvalue weighted by atomic mass is 10.2. The van der Waals surface area contributed by atoms with E-state index in [-0.39, 0.29) is 23.5 Å². The molecule has 1 amide bonds. The van der Waals surface area contributed by atoms with Crippen molar-refractivity contribution in [1.29, 1.82) is 0 Å². The Morgan fingerprint density at radius 2 is 2.29 bits per heavy atom.